The summed E-state index contributed by atoms with van der Waals surface area (Å²) in [6.07, 6.45) is -25.5. The van der Waals surface area contributed by atoms with Crippen molar-refractivity contribution >= 4 is 11.7 Å². The van der Waals surface area contributed by atoms with Crippen LogP contribution in [-0.4, -0.2) is 254 Å². The summed E-state index contributed by atoms with van der Waals surface area (Å²) in [7, 11) is 1.46. The predicted molar refractivity (Wildman–Crippen MR) is 299 cm³/mol. The summed E-state index contributed by atoms with van der Waals surface area (Å²) < 4.78 is 5.50. The second kappa shape index (κ2) is 36.1. The van der Waals surface area contributed by atoms with Crippen molar-refractivity contribution < 1.29 is 116 Å². The number of amides is 1. The Morgan fingerprint density at radius 3 is 1.56 bits per heavy atom. The zero-order valence-electron chi connectivity index (χ0n) is 49.5. The molecule has 0 radical (unpaired) electrons. The van der Waals surface area contributed by atoms with E-state index in [1.807, 2.05) is 13.8 Å². The number of Topliss-reactive ketones (excluding diaryl/α,β-unsaturated/α-hetero) is 1. The van der Waals surface area contributed by atoms with Crippen molar-refractivity contribution in [1.82, 2.24) is 4.90 Å². The monoisotopic (exact) mass is 1190 g/mol. The highest BCUT2D eigenvalue weighted by Crippen LogP contribution is 2.36. The van der Waals surface area contributed by atoms with Gasteiger partial charge in [-0.2, -0.15) is 0 Å². The minimum atomic E-state index is -2.59. The van der Waals surface area contributed by atoms with E-state index >= 15 is 0 Å². The van der Waals surface area contributed by atoms with Gasteiger partial charge < -0.3 is 112 Å². The van der Waals surface area contributed by atoms with Crippen LogP contribution < -0.4 is 0 Å². The zero-order valence-corrected chi connectivity index (χ0v) is 49.5. The highest BCUT2D eigenvalue weighted by molar-refractivity contribution is 6.25. The molecular formula is C58H107NO23. The van der Waals surface area contributed by atoms with Crippen LogP contribution >= 0.6 is 0 Å². The molecule has 82 heavy (non-hydrogen) atoms. The fourth-order valence-electron chi connectivity index (χ4n) is 11.4. The summed E-state index contributed by atoms with van der Waals surface area (Å²) in [5, 5.41) is 216. The SMILES string of the molecule is CCCCCCCCCCC(O)CC1(O)OC(CC(O)C(O)C(O)C(O)C(O)CC(O)CC(O)CC(O)CC(O)C(C)C(O)C(C)C(O)CC(O)C(C)C(O)C(O)CC(C)CC(C)/C=C(C)/C(O)=C2/C(=O)CN(C)C2=O)C(O)C(O)C1O. The molecule has 2 aliphatic heterocycles. The largest absolute Gasteiger partial charge is 0.507 e. The lowest BCUT2D eigenvalue weighted by Crippen LogP contribution is -2.65. The molecule has 0 aliphatic carbocycles. The predicted octanol–water partition coefficient (Wildman–Crippen LogP) is -1.41. The fourth-order valence-corrected chi connectivity index (χ4v) is 11.4. The molecule has 2 aliphatic rings. The molecule has 20 N–H and O–H groups in total. The lowest BCUT2D eigenvalue weighted by molar-refractivity contribution is -0.356. The van der Waals surface area contributed by atoms with Gasteiger partial charge in [-0.05, 0) is 69.3 Å². The number of hydrogen-bond acceptors (Lipinski definition) is 23. The van der Waals surface area contributed by atoms with Crippen LogP contribution in [0.25, 0.3) is 0 Å². The van der Waals surface area contributed by atoms with Gasteiger partial charge in [0.05, 0.1) is 85.9 Å². The highest BCUT2D eigenvalue weighted by Gasteiger charge is 2.54. The number of hydrogen-bond donors (Lipinski definition) is 20. The Morgan fingerprint density at radius 2 is 1.04 bits per heavy atom. The Balaban J connectivity index is 1.83. The lowest BCUT2D eigenvalue weighted by atomic mass is 9.80. The summed E-state index contributed by atoms with van der Waals surface area (Å²) in [5.74, 6) is -7.23. The second-order valence-corrected chi connectivity index (χ2v) is 24.6. The first-order valence-electron chi connectivity index (χ1n) is 29.7. The second-order valence-electron chi connectivity index (χ2n) is 24.6. The van der Waals surface area contributed by atoms with Gasteiger partial charge in [0.15, 0.2) is 11.6 Å². The number of likely N-dealkylation sites (N-methyl/N-ethyl adjacent to an activating group) is 1. The van der Waals surface area contributed by atoms with Crippen LogP contribution in [0.2, 0.25) is 0 Å². The Bertz CT molecular complexity index is 1920. The van der Waals surface area contributed by atoms with Crippen LogP contribution in [0.1, 0.15) is 164 Å². The van der Waals surface area contributed by atoms with Gasteiger partial charge in [0.25, 0.3) is 5.91 Å². The van der Waals surface area contributed by atoms with Gasteiger partial charge in [-0.25, -0.2) is 0 Å². The number of allylic oxidation sites excluding steroid dienone is 2. The van der Waals surface area contributed by atoms with Gasteiger partial charge in [-0.15, -0.1) is 0 Å². The van der Waals surface area contributed by atoms with Crippen LogP contribution in [0, 0.1) is 29.6 Å². The highest BCUT2D eigenvalue weighted by atomic mass is 16.7. The van der Waals surface area contributed by atoms with Crippen molar-refractivity contribution in [3.05, 3.63) is 23.0 Å². The molecule has 0 aromatic rings. The molecule has 0 bridgehead atoms. The third-order valence-electron chi connectivity index (χ3n) is 17.0. The third kappa shape index (κ3) is 23.4. The molecule has 2 saturated heterocycles. The van der Waals surface area contributed by atoms with Crippen molar-refractivity contribution in [3.8, 4) is 0 Å². The summed E-state index contributed by atoms with van der Waals surface area (Å²) >= 11 is 0. The molecule has 1 amide bonds. The number of nitrogens with zero attached hydrogens (tertiary/aromatic N) is 1. The van der Waals surface area contributed by atoms with Crippen molar-refractivity contribution in [3.63, 3.8) is 0 Å². The number of rotatable bonds is 40. The minimum absolute atomic E-state index is 0.120. The minimum Gasteiger partial charge on any atom is -0.507 e. The standard InChI is InChI=1S/C58H107NO23/c1-9-10-11-12-13-14-15-16-17-35(60)27-58(81)56(79)55(78)53(76)46(82-58)26-44(69)52(75)54(77)51(74)43(68)24-38(63)22-36(61)21-37(62)23-39(64)32(5)49(72)33(6)40(65)25-41(66)34(7)50(73)42(67)20-30(3)18-29(2)19-31(4)48(71)47-45(70)28-59(8)57(47)80/h19,29-30,32-44,46,49-56,60-69,71-79,81H,9-18,20-28H2,1-8H3/b31-19+,48-47+. The van der Waals surface area contributed by atoms with Gasteiger partial charge in [-0.3, -0.25) is 9.59 Å². The molecule has 2 rings (SSSR count). The smallest absolute Gasteiger partial charge is 0.261 e. The van der Waals surface area contributed by atoms with Gasteiger partial charge in [0, 0.05) is 44.1 Å². The summed E-state index contributed by atoms with van der Waals surface area (Å²) in [6.45, 7) is 11.7. The molecule has 0 spiro atoms. The summed E-state index contributed by atoms with van der Waals surface area (Å²) in [5.41, 5.74) is 0.0812. The first-order chi connectivity index (χ1) is 38.1. The zero-order chi connectivity index (χ0) is 62.7. The number of carbonyl (C=O) groups is 2. The first-order valence-corrected chi connectivity index (χ1v) is 29.7. The van der Waals surface area contributed by atoms with E-state index in [1.165, 1.54) is 39.1 Å². The molecule has 24 heteroatoms. The van der Waals surface area contributed by atoms with Crippen LogP contribution in [0.15, 0.2) is 23.0 Å². The van der Waals surface area contributed by atoms with Crippen molar-refractivity contribution in [2.45, 2.75) is 286 Å². The fraction of sp³-hybridized carbons (Fsp3) is 0.897. The molecule has 25 atom stereocenters. The maximum Gasteiger partial charge on any atom is 0.261 e. The van der Waals surface area contributed by atoms with Crippen LogP contribution in [0.3, 0.4) is 0 Å². The van der Waals surface area contributed by atoms with Crippen molar-refractivity contribution in [2.24, 2.45) is 29.6 Å². The van der Waals surface area contributed by atoms with Crippen LogP contribution in [0.5, 0.6) is 0 Å². The first kappa shape index (κ1) is 75.7. The van der Waals surface area contributed by atoms with E-state index in [2.05, 4.69) is 6.92 Å². The summed E-state index contributed by atoms with van der Waals surface area (Å²) in [6, 6.07) is 0. The van der Waals surface area contributed by atoms with E-state index in [0.29, 0.717) is 18.4 Å². The van der Waals surface area contributed by atoms with Crippen LogP contribution in [-0.2, 0) is 14.3 Å². The van der Waals surface area contributed by atoms with Gasteiger partial charge in [-0.1, -0.05) is 99.0 Å². The molecular weight excluding hydrogens is 1080 g/mol. The number of aliphatic hydroxyl groups is 20. The average molecular weight is 1190 g/mol. The number of ether oxygens (including phenoxy) is 1. The Kier molecular flexibility index (Phi) is 33.3. The molecule has 482 valence electrons. The van der Waals surface area contributed by atoms with E-state index in [1.54, 1.807) is 13.0 Å². The molecule has 0 saturated carbocycles. The van der Waals surface area contributed by atoms with Gasteiger partial charge >= 0.3 is 0 Å². The van der Waals surface area contributed by atoms with Crippen molar-refractivity contribution in [2.75, 3.05) is 13.6 Å². The van der Waals surface area contributed by atoms with Crippen molar-refractivity contribution in [1.29, 1.82) is 0 Å². The molecule has 24 nitrogen and oxygen atoms in total. The van der Waals surface area contributed by atoms with E-state index in [-0.39, 0.29) is 55.4 Å². The molecule has 0 aromatic carbocycles. The van der Waals surface area contributed by atoms with E-state index in [9.17, 15) is 112 Å². The lowest BCUT2D eigenvalue weighted by Gasteiger charge is -2.47. The maximum absolute atomic E-state index is 12.3. The third-order valence-corrected chi connectivity index (χ3v) is 17.0. The molecule has 2 heterocycles. The van der Waals surface area contributed by atoms with Crippen LogP contribution in [0.4, 0.5) is 0 Å². The number of unbranched alkanes of at least 4 members (excludes halogenated alkanes) is 7. The Morgan fingerprint density at radius 1 is 0.573 bits per heavy atom. The van der Waals surface area contributed by atoms with Gasteiger partial charge in [0.1, 0.15) is 48.0 Å². The number of aliphatic hydroxyl groups excluding tert-OH is 19. The van der Waals surface area contributed by atoms with E-state index in [4.69, 9.17) is 4.74 Å². The number of likely N-dealkylation sites (tertiary alicyclic amines) is 1. The molecule has 0 aromatic heterocycles. The number of ketones is 1. The Labute approximate surface area is 483 Å². The number of carbonyl (C=O) groups excluding carboxylic acids is 2. The van der Waals surface area contributed by atoms with E-state index < -0.39 is 183 Å². The normalized spacial score (nSPS) is 28.3. The molecule has 2 fully saturated rings. The maximum atomic E-state index is 12.3. The Hall–Kier alpha value is -2.38. The summed E-state index contributed by atoms with van der Waals surface area (Å²) in [4.78, 5) is 25.8. The van der Waals surface area contributed by atoms with E-state index in [0.717, 1.165) is 38.5 Å². The quantitative estimate of drug-likeness (QED) is 0.0145. The average Bonchev–Trinajstić information content (AvgIpc) is 3.84. The van der Waals surface area contributed by atoms with Gasteiger partial charge in [0.2, 0.25) is 0 Å². The topological polar surface area (TPSA) is 451 Å². The molecule has 25 unspecified atom stereocenters.